The van der Waals surface area contributed by atoms with Crippen LogP contribution in [0.5, 0.6) is 0 Å². The summed E-state index contributed by atoms with van der Waals surface area (Å²) in [7, 11) is 0. The Morgan fingerprint density at radius 2 is 1.69 bits per heavy atom. The molecule has 1 aromatic carbocycles. The van der Waals surface area contributed by atoms with E-state index < -0.39 is 0 Å². The maximum Gasteiger partial charge on any atom is 0.253 e. The van der Waals surface area contributed by atoms with Crippen molar-refractivity contribution in [2.24, 2.45) is 5.92 Å². The third kappa shape index (κ3) is 4.80. The molecule has 0 saturated carbocycles. The van der Waals surface area contributed by atoms with Gasteiger partial charge in [0, 0.05) is 76.4 Å². The first kappa shape index (κ1) is 21.0. The molecule has 0 aliphatic carbocycles. The molecule has 4 heterocycles. The van der Waals surface area contributed by atoms with Crippen molar-refractivity contribution in [1.29, 1.82) is 0 Å². The highest BCUT2D eigenvalue weighted by Crippen LogP contribution is 2.23. The minimum atomic E-state index is 0.181. The molecule has 0 radical (unpaired) electrons. The summed E-state index contributed by atoms with van der Waals surface area (Å²) in [5, 5.41) is 0. The van der Waals surface area contributed by atoms with E-state index in [4.69, 9.17) is 0 Å². The standard InChI is InChI=1S/C26H33N5O/c32-26(23-8-10-24(11-9-23)29-13-3-4-14-29)31-15-5-6-22(21-31)20-28-16-18-30(19-17-28)25-7-1-2-12-27-25/h1-4,7-12,22H,5-6,13-21H2. The van der Waals surface area contributed by atoms with Crippen molar-refractivity contribution in [1.82, 2.24) is 14.8 Å². The fourth-order valence-electron chi connectivity index (χ4n) is 5.15. The molecular formula is C26H33N5O. The number of piperazine rings is 1. The van der Waals surface area contributed by atoms with E-state index >= 15 is 0 Å². The van der Waals surface area contributed by atoms with Gasteiger partial charge in [0.05, 0.1) is 0 Å². The molecule has 1 atom stereocenters. The molecule has 2 aromatic rings. The van der Waals surface area contributed by atoms with Crippen molar-refractivity contribution in [3.63, 3.8) is 0 Å². The number of anilines is 2. The monoisotopic (exact) mass is 431 g/mol. The number of pyridine rings is 1. The van der Waals surface area contributed by atoms with Gasteiger partial charge in [-0.05, 0) is 55.2 Å². The SMILES string of the molecule is O=C(c1ccc(N2CC=CC2)cc1)N1CCCC(CN2CCN(c3ccccn3)CC2)C1. The molecule has 3 aliphatic heterocycles. The van der Waals surface area contributed by atoms with Gasteiger partial charge >= 0.3 is 0 Å². The lowest BCUT2D eigenvalue weighted by Gasteiger charge is -2.39. The number of nitrogens with zero attached hydrogens (tertiary/aromatic N) is 5. The van der Waals surface area contributed by atoms with Crippen LogP contribution in [0.4, 0.5) is 11.5 Å². The first-order valence-electron chi connectivity index (χ1n) is 11.9. The Morgan fingerprint density at radius 3 is 2.41 bits per heavy atom. The molecule has 6 heteroatoms. The summed E-state index contributed by atoms with van der Waals surface area (Å²) in [4.78, 5) is 26.9. The van der Waals surface area contributed by atoms with Crippen LogP contribution in [0.25, 0.3) is 0 Å². The van der Waals surface area contributed by atoms with Crippen LogP contribution in [0.1, 0.15) is 23.2 Å². The molecule has 168 valence electrons. The topological polar surface area (TPSA) is 42.9 Å². The van der Waals surface area contributed by atoms with E-state index in [1.54, 1.807) is 0 Å². The number of rotatable bonds is 5. The van der Waals surface area contributed by atoms with Crippen LogP contribution in [0.15, 0.2) is 60.8 Å². The molecule has 1 unspecified atom stereocenters. The van der Waals surface area contributed by atoms with Crippen molar-refractivity contribution in [2.45, 2.75) is 12.8 Å². The van der Waals surface area contributed by atoms with Gasteiger partial charge < -0.3 is 14.7 Å². The maximum absolute atomic E-state index is 13.1. The number of piperidine rings is 1. The lowest BCUT2D eigenvalue weighted by Crippen LogP contribution is -2.50. The Bertz CT molecular complexity index is 913. The quantitative estimate of drug-likeness (QED) is 0.681. The highest BCUT2D eigenvalue weighted by atomic mass is 16.2. The van der Waals surface area contributed by atoms with Gasteiger partial charge in [0.15, 0.2) is 0 Å². The van der Waals surface area contributed by atoms with E-state index in [-0.39, 0.29) is 5.91 Å². The zero-order chi connectivity index (χ0) is 21.8. The Morgan fingerprint density at radius 1 is 0.906 bits per heavy atom. The summed E-state index contributed by atoms with van der Waals surface area (Å²) in [5.74, 6) is 1.82. The van der Waals surface area contributed by atoms with Crippen LogP contribution in [0, 0.1) is 5.92 Å². The minimum absolute atomic E-state index is 0.181. The third-order valence-corrected chi connectivity index (χ3v) is 6.97. The van der Waals surface area contributed by atoms with Crippen molar-refractivity contribution in [3.8, 4) is 0 Å². The van der Waals surface area contributed by atoms with Crippen LogP contribution in [0.2, 0.25) is 0 Å². The van der Waals surface area contributed by atoms with Crippen LogP contribution in [-0.2, 0) is 0 Å². The zero-order valence-corrected chi connectivity index (χ0v) is 18.8. The molecule has 32 heavy (non-hydrogen) atoms. The van der Waals surface area contributed by atoms with E-state index in [0.717, 1.165) is 76.7 Å². The summed E-state index contributed by atoms with van der Waals surface area (Å²) in [5.41, 5.74) is 2.00. The van der Waals surface area contributed by atoms with Crippen LogP contribution < -0.4 is 9.80 Å². The number of hydrogen-bond donors (Lipinski definition) is 0. The van der Waals surface area contributed by atoms with Gasteiger partial charge in [-0.1, -0.05) is 18.2 Å². The summed E-state index contributed by atoms with van der Waals surface area (Å²) in [6, 6.07) is 14.3. The van der Waals surface area contributed by atoms with E-state index in [0.29, 0.717) is 5.92 Å². The smallest absolute Gasteiger partial charge is 0.253 e. The van der Waals surface area contributed by atoms with Gasteiger partial charge in [-0.25, -0.2) is 4.98 Å². The molecule has 0 bridgehead atoms. The largest absolute Gasteiger partial charge is 0.364 e. The zero-order valence-electron chi connectivity index (χ0n) is 18.8. The molecule has 6 nitrogen and oxygen atoms in total. The Kier molecular flexibility index (Phi) is 6.39. The molecule has 5 rings (SSSR count). The average Bonchev–Trinajstić information content (AvgIpc) is 3.40. The third-order valence-electron chi connectivity index (χ3n) is 6.97. The predicted molar refractivity (Wildman–Crippen MR) is 129 cm³/mol. The fourth-order valence-corrected chi connectivity index (χ4v) is 5.15. The number of amides is 1. The normalized spacial score (nSPS) is 21.9. The van der Waals surface area contributed by atoms with E-state index in [9.17, 15) is 4.79 Å². The first-order valence-corrected chi connectivity index (χ1v) is 11.9. The molecule has 0 spiro atoms. The number of carbonyl (C=O) groups excluding carboxylic acids is 1. The van der Waals surface area contributed by atoms with Crippen LogP contribution >= 0.6 is 0 Å². The first-order chi connectivity index (χ1) is 15.8. The highest BCUT2D eigenvalue weighted by molar-refractivity contribution is 5.94. The van der Waals surface area contributed by atoms with Crippen molar-refractivity contribution in [3.05, 3.63) is 66.4 Å². The van der Waals surface area contributed by atoms with E-state index in [2.05, 4.69) is 61.0 Å². The summed E-state index contributed by atoms with van der Waals surface area (Å²) >= 11 is 0. The Hall–Kier alpha value is -2.86. The van der Waals surface area contributed by atoms with Gasteiger partial charge in [-0.3, -0.25) is 9.69 Å². The predicted octanol–water partition coefficient (Wildman–Crippen LogP) is 3.13. The van der Waals surface area contributed by atoms with Gasteiger partial charge in [0.25, 0.3) is 5.91 Å². The van der Waals surface area contributed by atoms with Gasteiger partial charge in [0.2, 0.25) is 0 Å². The lowest BCUT2D eigenvalue weighted by molar-refractivity contribution is 0.0637. The number of carbonyl (C=O) groups is 1. The Balaban J connectivity index is 1.12. The van der Waals surface area contributed by atoms with Gasteiger partial charge in [0.1, 0.15) is 5.82 Å². The number of likely N-dealkylation sites (tertiary alicyclic amines) is 1. The molecule has 0 N–H and O–H groups in total. The van der Waals surface area contributed by atoms with Crippen molar-refractivity contribution >= 4 is 17.4 Å². The number of benzene rings is 1. The summed E-state index contributed by atoms with van der Waals surface area (Å²) < 4.78 is 0. The molecule has 3 aliphatic rings. The van der Waals surface area contributed by atoms with Crippen molar-refractivity contribution in [2.75, 3.05) is 68.7 Å². The fraction of sp³-hybridized carbons (Fsp3) is 0.462. The summed E-state index contributed by atoms with van der Waals surface area (Å²) in [6.45, 7) is 8.91. The highest BCUT2D eigenvalue weighted by Gasteiger charge is 2.27. The van der Waals surface area contributed by atoms with E-state index in [1.807, 2.05) is 24.4 Å². The van der Waals surface area contributed by atoms with Gasteiger partial charge in [-0.2, -0.15) is 0 Å². The molecule has 2 fully saturated rings. The maximum atomic E-state index is 13.1. The second-order valence-electron chi connectivity index (χ2n) is 9.16. The van der Waals surface area contributed by atoms with Crippen molar-refractivity contribution < 1.29 is 4.79 Å². The van der Waals surface area contributed by atoms with E-state index in [1.165, 1.54) is 12.1 Å². The molecule has 1 aromatic heterocycles. The molecule has 1 amide bonds. The second-order valence-corrected chi connectivity index (χ2v) is 9.16. The average molecular weight is 432 g/mol. The number of hydrogen-bond acceptors (Lipinski definition) is 5. The lowest BCUT2D eigenvalue weighted by atomic mass is 9.96. The second kappa shape index (κ2) is 9.74. The van der Waals surface area contributed by atoms with Crippen LogP contribution in [0.3, 0.4) is 0 Å². The molecular weight excluding hydrogens is 398 g/mol. The number of aromatic nitrogens is 1. The van der Waals surface area contributed by atoms with Crippen LogP contribution in [-0.4, -0.2) is 79.6 Å². The summed E-state index contributed by atoms with van der Waals surface area (Å²) in [6.07, 6.45) is 8.55. The minimum Gasteiger partial charge on any atom is -0.364 e. The molecule has 2 saturated heterocycles. The Labute approximate surface area is 191 Å². The van der Waals surface area contributed by atoms with Gasteiger partial charge in [-0.15, -0.1) is 0 Å².